The minimum Gasteiger partial charge on any atom is -0.285 e. The van der Waals surface area contributed by atoms with Gasteiger partial charge in [-0.25, -0.2) is 0 Å². The van der Waals surface area contributed by atoms with Gasteiger partial charge in [-0.1, -0.05) is 0 Å². The van der Waals surface area contributed by atoms with Gasteiger partial charge < -0.3 is 0 Å². The fourth-order valence-corrected chi connectivity index (χ4v) is 2.10. The number of thiol groups is 1. The van der Waals surface area contributed by atoms with Crippen molar-refractivity contribution < 1.29 is 4.79 Å². The molecule has 1 radical (unpaired) electrons. The zero-order valence-electron chi connectivity index (χ0n) is 7.19. The summed E-state index contributed by atoms with van der Waals surface area (Å²) >= 11 is 5.92. The molecule has 0 saturated heterocycles. The summed E-state index contributed by atoms with van der Waals surface area (Å²) in [6, 6.07) is 7.47. The Balaban J connectivity index is 2.44. The van der Waals surface area contributed by atoms with Gasteiger partial charge in [0.2, 0.25) is 6.29 Å². The van der Waals surface area contributed by atoms with E-state index in [2.05, 4.69) is 12.6 Å². The number of thioether (sulfide) groups is 1. The van der Waals surface area contributed by atoms with Gasteiger partial charge in [0.1, 0.15) is 0 Å². The van der Waals surface area contributed by atoms with Gasteiger partial charge in [-0.3, -0.25) is 4.79 Å². The van der Waals surface area contributed by atoms with Crippen LogP contribution in [0.15, 0.2) is 29.2 Å². The van der Waals surface area contributed by atoms with Gasteiger partial charge in [0.25, 0.3) is 0 Å². The molecule has 0 N–H and O–H groups in total. The Bertz CT molecular complexity index is 256. The number of rotatable bonds is 5. The van der Waals surface area contributed by atoms with E-state index in [1.54, 1.807) is 23.9 Å². The Labute approximate surface area is 88.3 Å². The highest BCUT2D eigenvalue weighted by atomic mass is 32.2. The third-order valence-electron chi connectivity index (χ3n) is 1.54. The SMILES string of the molecule is O=[C]c1ccc(SCCCS)cc1. The van der Waals surface area contributed by atoms with Crippen molar-refractivity contribution >= 4 is 30.7 Å². The number of carbonyl (C=O) groups excluding carboxylic acids is 1. The van der Waals surface area contributed by atoms with E-state index in [-0.39, 0.29) is 0 Å². The molecule has 3 heteroatoms. The van der Waals surface area contributed by atoms with E-state index in [9.17, 15) is 4.79 Å². The van der Waals surface area contributed by atoms with E-state index in [4.69, 9.17) is 0 Å². The molecule has 0 heterocycles. The fraction of sp³-hybridized carbons (Fsp3) is 0.300. The van der Waals surface area contributed by atoms with Crippen LogP contribution >= 0.6 is 24.4 Å². The standard InChI is InChI=1S/C10H11OS2/c11-8-9-2-4-10(5-3-9)13-7-1-6-12/h2-5,12H,1,6-7H2. The van der Waals surface area contributed by atoms with Gasteiger partial charge in [-0.15, -0.1) is 11.8 Å². The lowest BCUT2D eigenvalue weighted by Crippen LogP contribution is -1.82. The lowest BCUT2D eigenvalue weighted by molar-refractivity contribution is 0.562. The van der Waals surface area contributed by atoms with Crippen molar-refractivity contribution in [1.82, 2.24) is 0 Å². The van der Waals surface area contributed by atoms with E-state index in [0.29, 0.717) is 5.56 Å². The maximum absolute atomic E-state index is 10.2. The first kappa shape index (κ1) is 10.7. The van der Waals surface area contributed by atoms with Crippen LogP contribution in [0.3, 0.4) is 0 Å². The number of hydrogen-bond donors (Lipinski definition) is 1. The van der Waals surface area contributed by atoms with Crippen molar-refractivity contribution in [3.8, 4) is 0 Å². The number of hydrogen-bond acceptors (Lipinski definition) is 3. The Kier molecular flexibility index (Phi) is 5.01. The van der Waals surface area contributed by atoms with Gasteiger partial charge in [0.15, 0.2) is 0 Å². The van der Waals surface area contributed by atoms with Crippen molar-refractivity contribution in [2.75, 3.05) is 11.5 Å². The minimum absolute atomic E-state index is 0.610. The molecule has 0 bridgehead atoms. The lowest BCUT2D eigenvalue weighted by atomic mass is 10.2. The summed E-state index contributed by atoms with van der Waals surface area (Å²) in [7, 11) is 0. The summed E-state index contributed by atoms with van der Waals surface area (Å²) in [5, 5.41) is 0. The average molecular weight is 211 g/mol. The summed E-state index contributed by atoms with van der Waals surface area (Å²) in [6.45, 7) is 0. The molecule has 69 valence electrons. The van der Waals surface area contributed by atoms with Crippen molar-refractivity contribution in [2.45, 2.75) is 11.3 Å². The van der Waals surface area contributed by atoms with E-state index >= 15 is 0 Å². The zero-order valence-corrected chi connectivity index (χ0v) is 8.91. The van der Waals surface area contributed by atoms with Crippen molar-refractivity contribution in [3.05, 3.63) is 29.8 Å². The quantitative estimate of drug-likeness (QED) is 0.458. The zero-order chi connectivity index (χ0) is 9.52. The molecule has 0 fully saturated rings. The molecule has 0 aromatic heterocycles. The summed E-state index contributed by atoms with van der Waals surface area (Å²) in [4.78, 5) is 11.4. The van der Waals surface area contributed by atoms with Crippen LogP contribution in [0.5, 0.6) is 0 Å². The lowest BCUT2D eigenvalue weighted by Gasteiger charge is -1.99. The molecule has 0 unspecified atom stereocenters. The third-order valence-corrected chi connectivity index (χ3v) is 2.96. The first-order valence-corrected chi connectivity index (χ1v) is 5.70. The largest absolute Gasteiger partial charge is 0.285 e. The third kappa shape index (κ3) is 3.87. The monoisotopic (exact) mass is 211 g/mol. The van der Waals surface area contributed by atoms with E-state index in [1.165, 1.54) is 4.90 Å². The predicted octanol–water partition coefficient (Wildman–Crippen LogP) is 2.56. The first-order valence-electron chi connectivity index (χ1n) is 4.08. The summed E-state index contributed by atoms with van der Waals surface area (Å²) < 4.78 is 0. The molecule has 0 amide bonds. The average Bonchev–Trinajstić information content (AvgIpc) is 2.19. The van der Waals surface area contributed by atoms with Crippen LogP contribution in [0.25, 0.3) is 0 Å². The molecule has 1 nitrogen and oxygen atoms in total. The minimum atomic E-state index is 0.610. The van der Waals surface area contributed by atoms with Gasteiger partial charge in [0, 0.05) is 10.5 Å². The smallest absolute Gasteiger partial charge is 0.233 e. The molecule has 0 atom stereocenters. The highest BCUT2D eigenvalue weighted by Gasteiger charge is 1.94. The van der Waals surface area contributed by atoms with Crippen LogP contribution in [0.1, 0.15) is 12.0 Å². The van der Waals surface area contributed by atoms with E-state index in [1.807, 2.05) is 18.4 Å². The Hall–Kier alpha value is -0.410. The highest BCUT2D eigenvalue weighted by molar-refractivity contribution is 7.99. The first-order chi connectivity index (χ1) is 6.36. The fourth-order valence-electron chi connectivity index (χ4n) is 0.874. The van der Waals surface area contributed by atoms with Crippen LogP contribution in [-0.2, 0) is 4.79 Å². The summed E-state index contributed by atoms with van der Waals surface area (Å²) in [5.74, 6) is 2.00. The summed E-state index contributed by atoms with van der Waals surface area (Å²) in [5.41, 5.74) is 0.610. The molecule has 13 heavy (non-hydrogen) atoms. The summed E-state index contributed by atoms with van der Waals surface area (Å²) in [6.07, 6.45) is 2.96. The maximum atomic E-state index is 10.2. The van der Waals surface area contributed by atoms with Crippen LogP contribution in [0, 0.1) is 0 Å². The van der Waals surface area contributed by atoms with Crippen molar-refractivity contribution in [1.29, 1.82) is 0 Å². The topological polar surface area (TPSA) is 17.1 Å². The van der Waals surface area contributed by atoms with Gasteiger partial charge in [-0.05, 0) is 42.2 Å². The second kappa shape index (κ2) is 6.11. The number of benzene rings is 1. The van der Waals surface area contributed by atoms with E-state index in [0.717, 1.165) is 17.9 Å². The second-order valence-electron chi connectivity index (χ2n) is 2.55. The molecule has 1 rings (SSSR count). The molecule has 0 aliphatic carbocycles. The highest BCUT2D eigenvalue weighted by Crippen LogP contribution is 2.18. The molecular formula is C10H11OS2. The molecule has 0 aliphatic rings. The normalized spacial score (nSPS) is 9.92. The van der Waals surface area contributed by atoms with Gasteiger partial charge in [0.05, 0.1) is 0 Å². The van der Waals surface area contributed by atoms with Crippen LogP contribution in [-0.4, -0.2) is 17.8 Å². The Morgan fingerprint density at radius 2 is 2.00 bits per heavy atom. The van der Waals surface area contributed by atoms with Gasteiger partial charge in [-0.2, -0.15) is 12.6 Å². The van der Waals surface area contributed by atoms with Crippen LogP contribution in [0.2, 0.25) is 0 Å². The molecule has 0 aliphatic heterocycles. The molecular weight excluding hydrogens is 200 g/mol. The predicted molar refractivity (Wildman–Crippen MR) is 60.4 cm³/mol. The van der Waals surface area contributed by atoms with Crippen molar-refractivity contribution in [3.63, 3.8) is 0 Å². The van der Waals surface area contributed by atoms with Crippen LogP contribution in [0.4, 0.5) is 0 Å². The van der Waals surface area contributed by atoms with E-state index < -0.39 is 0 Å². The maximum Gasteiger partial charge on any atom is 0.233 e. The molecule has 1 aromatic rings. The Morgan fingerprint density at radius 3 is 2.54 bits per heavy atom. The molecule has 0 spiro atoms. The Morgan fingerprint density at radius 1 is 1.31 bits per heavy atom. The second-order valence-corrected chi connectivity index (χ2v) is 4.17. The molecule has 0 saturated carbocycles. The van der Waals surface area contributed by atoms with Crippen molar-refractivity contribution in [2.24, 2.45) is 0 Å². The van der Waals surface area contributed by atoms with Crippen LogP contribution < -0.4 is 0 Å². The molecule has 1 aromatic carbocycles. The van der Waals surface area contributed by atoms with Gasteiger partial charge >= 0.3 is 0 Å².